The van der Waals surface area contributed by atoms with Crippen LogP contribution in [0.15, 0.2) is 40.8 Å². The van der Waals surface area contributed by atoms with Crippen LogP contribution in [-0.2, 0) is 6.61 Å². The van der Waals surface area contributed by atoms with E-state index in [1.165, 1.54) is 24.3 Å². The van der Waals surface area contributed by atoms with E-state index in [0.717, 1.165) is 0 Å². The quantitative estimate of drug-likeness (QED) is 0.815. The Bertz CT molecular complexity index is 682. The number of halogens is 1. The summed E-state index contributed by atoms with van der Waals surface area (Å²) < 4.78 is 23.8. The first-order chi connectivity index (χ1) is 11.3. The Morgan fingerprint density at radius 3 is 2.54 bits per heavy atom. The number of benzene rings is 1. The molecule has 1 unspecified atom stereocenters. The molecule has 24 heavy (non-hydrogen) atoms. The minimum atomic E-state index is -0.505. The van der Waals surface area contributed by atoms with Crippen LogP contribution in [0.25, 0.3) is 0 Å². The van der Waals surface area contributed by atoms with Gasteiger partial charge in [-0.1, -0.05) is 13.8 Å². The zero-order valence-electron chi connectivity index (χ0n) is 14.1. The van der Waals surface area contributed by atoms with Crippen molar-refractivity contribution < 1.29 is 18.3 Å². The van der Waals surface area contributed by atoms with Crippen molar-refractivity contribution in [2.24, 2.45) is 11.7 Å². The summed E-state index contributed by atoms with van der Waals surface area (Å²) in [4.78, 5) is 12.3. The molecule has 1 atom stereocenters. The fraction of sp³-hybridized carbons (Fsp3) is 0.389. The van der Waals surface area contributed by atoms with Crippen LogP contribution < -0.4 is 15.8 Å². The number of carbonyl (C=O) groups excluding carboxylic acids is 1. The van der Waals surface area contributed by atoms with Crippen LogP contribution in [-0.4, -0.2) is 18.0 Å². The molecule has 2 aromatic rings. The molecule has 0 saturated heterocycles. The Balaban J connectivity index is 1.97. The average molecular weight is 334 g/mol. The van der Waals surface area contributed by atoms with E-state index in [2.05, 4.69) is 5.32 Å². The number of hydrogen-bond acceptors (Lipinski definition) is 4. The van der Waals surface area contributed by atoms with Gasteiger partial charge in [-0.15, -0.1) is 0 Å². The van der Waals surface area contributed by atoms with Gasteiger partial charge in [0.15, 0.2) is 5.76 Å². The Morgan fingerprint density at radius 2 is 1.96 bits per heavy atom. The summed E-state index contributed by atoms with van der Waals surface area (Å²) in [7, 11) is 0. The lowest BCUT2D eigenvalue weighted by Crippen LogP contribution is -2.54. The molecule has 0 aliphatic heterocycles. The topological polar surface area (TPSA) is 77.5 Å². The highest BCUT2D eigenvalue weighted by molar-refractivity contribution is 5.92. The molecule has 2 rings (SSSR count). The SMILES string of the molecule is CC(C)C(C)(CN)NC(=O)c1ccc(COc2ccc(F)cc2)o1. The fourth-order valence-corrected chi connectivity index (χ4v) is 2.01. The molecule has 1 heterocycles. The molecule has 130 valence electrons. The second-order valence-corrected chi connectivity index (χ2v) is 6.24. The summed E-state index contributed by atoms with van der Waals surface area (Å²) in [5.41, 5.74) is 5.26. The molecule has 3 N–H and O–H groups in total. The highest BCUT2D eigenvalue weighted by atomic mass is 19.1. The van der Waals surface area contributed by atoms with Crippen LogP contribution >= 0.6 is 0 Å². The largest absolute Gasteiger partial charge is 0.486 e. The van der Waals surface area contributed by atoms with Crippen molar-refractivity contribution in [2.45, 2.75) is 32.9 Å². The molecule has 1 amide bonds. The van der Waals surface area contributed by atoms with Gasteiger partial charge in [-0.3, -0.25) is 4.79 Å². The summed E-state index contributed by atoms with van der Waals surface area (Å²) in [6.07, 6.45) is 0. The van der Waals surface area contributed by atoms with E-state index >= 15 is 0 Å². The van der Waals surface area contributed by atoms with Gasteiger partial charge in [-0.25, -0.2) is 4.39 Å². The second kappa shape index (κ2) is 7.49. The van der Waals surface area contributed by atoms with E-state index in [1.54, 1.807) is 12.1 Å². The highest BCUT2D eigenvalue weighted by Crippen LogP contribution is 2.18. The van der Waals surface area contributed by atoms with E-state index in [-0.39, 0.29) is 30.0 Å². The fourth-order valence-electron chi connectivity index (χ4n) is 2.01. The van der Waals surface area contributed by atoms with Gasteiger partial charge in [0.2, 0.25) is 0 Å². The normalized spacial score (nSPS) is 13.6. The lowest BCUT2D eigenvalue weighted by atomic mass is 9.88. The van der Waals surface area contributed by atoms with E-state index in [1.807, 2.05) is 20.8 Å². The van der Waals surface area contributed by atoms with Crippen LogP contribution in [0.4, 0.5) is 4.39 Å². The van der Waals surface area contributed by atoms with E-state index in [9.17, 15) is 9.18 Å². The molecule has 0 aliphatic carbocycles. The maximum atomic E-state index is 12.8. The summed E-state index contributed by atoms with van der Waals surface area (Å²) in [5, 5.41) is 2.91. The predicted molar refractivity (Wildman–Crippen MR) is 89.2 cm³/mol. The third-order valence-corrected chi connectivity index (χ3v) is 4.18. The van der Waals surface area contributed by atoms with Crippen LogP contribution in [0.2, 0.25) is 0 Å². The van der Waals surface area contributed by atoms with Crippen molar-refractivity contribution in [2.75, 3.05) is 6.54 Å². The van der Waals surface area contributed by atoms with Crippen LogP contribution in [0.5, 0.6) is 5.75 Å². The number of nitrogens with two attached hydrogens (primary N) is 1. The van der Waals surface area contributed by atoms with Gasteiger partial charge >= 0.3 is 0 Å². The average Bonchev–Trinajstić information content (AvgIpc) is 3.03. The smallest absolute Gasteiger partial charge is 0.287 e. The van der Waals surface area contributed by atoms with Gasteiger partial charge in [0.25, 0.3) is 5.91 Å². The standard InChI is InChI=1S/C18H23FN2O3/c1-12(2)18(3,11-20)21-17(22)16-9-8-15(24-16)10-23-14-6-4-13(19)5-7-14/h4-9,12H,10-11,20H2,1-3H3,(H,21,22). The number of hydrogen-bond donors (Lipinski definition) is 2. The Hall–Kier alpha value is -2.34. The monoisotopic (exact) mass is 334 g/mol. The summed E-state index contributed by atoms with van der Waals surface area (Å²) in [6, 6.07) is 8.96. The van der Waals surface area contributed by atoms with E-state index in [0.29, 0.717) is 18.1 Å². The Morgan fingerprint density at radius 1 is 1.29 bits per heavy atom. The number of ether oxygens (including phenoxy) is 1. The summed E-state index contributed by atoms with van der Waals surface area (Å²) >= 11 is 0. The first kappa shape index (κ1) is 18.0. The zero-order chi connectivity index (χ0) is 17.7. The van der Waals surface area contributed by atoms with Crippen molar-refractivity contribution >= 4 is 5.91 Å². The molecule has 0 radical (unpaired) electrons. The van der Waals surface area contributed by atoms with E-state index < -0.39 is 5.54 Å². The Kier molecular flexibility index (Phi) is 5.62. The maximum absolute atomic E-state index is 12.8. The zero-order valence-corrected chi connectivity index (χ0v) is 14.1. The molecular formula is C18H23FN2O3. The second-order valence-electron chi connectivity index (χ2n) is 6.24. The first-order valence-electron chi connectivity index (χ1n) is 7.83. The number of furan rings is 1. The number of carbonyl (C=O) groups is 1. The van der Waals surface area contributed by atoms with Crippen molar-refractivity contribution in [3.8, 4) is 5.75 Å². The number of nitrogens with one attached hydrogen (secondary N) is 1. The number of rotatable bonds is 7. The molecular weight excluding hydrogens is 311 g/mol. The maximum Gasteiger partial charge on any atom is 0.287 e. The summed E-state index contributed by atoms with van der Waals surface area (Å²) in [5.74, 6) is 0.769. The molecule has 0 bridgehead atoms. The number of amides is 1. The molecule has 0 saturated carbocycles. The van der Waals surface area contributed by atoms with Crippen molar-refractivity contribution in [3.05, 3.63) is 53.7 Å². The van der Waals surface area contributed by atoms with Gasteiger partial charge in [0.1, 0.15) is 23.9 Å². The molecule has 5 nitrogen and oxygen atoms in total. The summed E-state index contributed by atoms with van der Waals surface area (Å²) in [6.45, 7) is 6.38. The van der Waals surface area contributed by atoms with Crippen molar-refractivity contribution in [1.82, 2.24) is 5.32 Å². The van der Waals surface area contributed by atoms with Crippen LogP contribution in [0.3, 0.4) is 0 Å². The highest BCUT2D eigenvalue weighted by Gasteiger charge is 2.29. The Labute approximate surface area is 141 Å². The van der Waals surface area contributed by atoms with Gasteiger partial charge in [-0.2, -0.15) is 0 Å². The molecule has 1 aromatic carbocycles. The van der Waals surface area contributed by atoms with Gasteiger partial charge < -0.3 is 20.2 Å². The van der Waals surface area contributed by atoms with Crippen molar-refractivity contribution in [1.29, 1.82) is 0 Å². The lowest BCUT2D eigenvalue weighted by molar-refractivity contribution is 0.0850. The minimum absolute atomic E-state index is 0.150. The third-order valence-electron chi connectivity index (χ3n) is 4.18. The van der Waals surface area contributed by atoms with Gasteiger partial charge in [-0.05, 0) is 49.2 Å². The molecule has 0 spiro atoms. The minimum Gasteiger partial charge on any atom is -0.486 e. The molecule has 0 fully saturated rings. The van der Waals surface area contributed by atoms with Crippen molar-refractivity contribution in [3.63, 3.8) is 0 Å². The predicted octanol–water partition coefficient (Wildman–Crippen LogP) is 3.10. The molecule has 0 aliphatic rings. The van der Waals surface area contributed by atoms with E-state index in [4.69, 9.17) is 14.9 Å². The first-order valence-corrected chi connectivity index (χ1v) is 7.83. The van der Waals surface area contributed by atoms with Crippen LogP contribution in [0, 0.1) is 11.7 Å². The molecule has 6 heteroatoms. The van der Waals surface area contributed by atoms with Crippen LogP contribution in [0.1, 0.15) is 37.1 Å². The molecule has 1 aromatic heterocycles. The van der Waals surface area contributed by atoms with Gasteiger partial charge in [0, 0.05) is 6.54 Å². The third kappa shape index (κ3) is 4.35. The van der Waals surface area contributed by atoms with Gasteiger partial charge in [0.05, 0.1) is 5.54 Å². The lowest BCUT2D eigenvalue weighted by Gasteiger charge is -2.33.